The van der Waals surface area contributed by atoms with Crippen LogP contribution in [0.1, 0.15) is 28.1 Å². The average Bonchev–Trinajstić information content (AvgIpc) is 3.03. The number of amides is 1. The highest BCUT2D eigenvalue weighted by Gasteiger charge is 2.29. The van der Waals surface area contributed by atoms with Gasteiger partial charge < -0.3 is 4.42 Å². The van der Waals surface area contributed by atoms with E-state index < -0.39 is 0 Å². The van der Waals surface area contributed by atoms with Gasteiger partial charge in [-0.15, -0.1) is 0 Å². The number of rotatable bonds is 3. The number of nitrogens with zero attached hydrogens (tertiary/aromatic N) is 2. The lowest BCUT2D eigenvalue weighted by molar-refractivity contribution is 0.0820. The Kier molecular flexibility index (Phi) is 5.36. The van der Waals surface area contributed by atoms with Gasteiger partial charge in [0.25, 0.3) is 5.91 Å². The van der Waals surface area contributed by atoms with Gasteiger partial charge in [0.1, 0.15) is 5.58 Å². The lowest BCUT2D eigenvalue weighted by atomic mass is 10.1. The average molecular weight is 443 g/mol. The molecule has 0 spiro atoms. The standard InChI is InChI=1S/C21H19BrN2O2S/c1-14-17-12-16(22)8-9-18(17)26-19(14)20(25)24-10-5-11-27-21(24)23-13-15-6-3-2-4-7-15/h2-4,6-9,12H,5,10-11,13H2,1H3. The summed E-state index contributed by atoms with van der Waals surface area (Å²) in [4.78, 5) is 19.7. The minimum atomic E-state index is -0.112. The van der Waals surface area contributed by atoms with Crippen LogP contribution in [0.4, 0.5) is 0 Å². The summed E-state index contributed by atoms with van der Waals surface area (Å²) in [6.07, 6.45) is 0.950. The largest absolute Gasteiger partial charge is 0.451 e. The van der Waals surface area contributed by atoms with Crippen LogP contribution in [-0.2, 0) is 6.54 Å². The van der Waals surface area contributed by atoms with Gasteiger partial charge in [-0.25, -0.2) is 0 Å². The van der Waals surface area contributed by atoms with Gasteiger partial charge >= 0.3 is 0 Å². The second-order valence-electron chi connectivity index (χ2n) is 6.44. The number of hydrogen-bond donors (Lipinski definition) is 0. The van der Waals surface area contributed by atoms with E-state index in [9.17, 15) is 4.79 Å². The summed E-state index contributed by atoms with van der Waals surface area (Å²) in [7, 11) is 0. The van der Waals surface area contributed by atoms with Crippen molar-refractivity contribution in [2.75, 3.05) is 12.3 Å². The fourth-order valence-electron chi connectivity index (χ4n) is 3.14. The summed E-state index contributed by atoms with van der Waals surface area (Å²) in [5.74, 6) is 1.26. The van der Waals surface area contributed by atoms with Crippen LogP contribution in [0.3, 0.4) is 0 Å². The van der Waals surface area contributed by atoms with E-state index in [-0.39, 0.29) is 5.91 Å². The maximum atomic E-state index is 13.2. The highest BCUT2D eigenvalue weighted by molar-refractivity contribution is 9.10. The maximum absolute atomic E-state index is 13.2. The van der Waals surface area contributed by atoms with E-state index in [1.165, 1.54) is 0 Å². The summed E-state index contributed by atoms with van der Waals surface area (Å²) in [6.45, 7) is 3.17. The van der Waals surface area contributed by atoms with Gasteiger partial charge in [0.05, 0.1) is 6.54 Å². The zero-order valence-electron chi connectivity index (χ0n) is 14.9. The van der Waals surface area contributed by atoms with Crippen molar-refractivity contribution >= 4 is 49.7 Å². The number of carbonyl (C=O) groups is 1. The Balaban J connectivity index is 1.64. The summed E-state index contributed by atoms with van der Waals surface area (Å²) in [6, 6.07) is 15.9. The Morgan fingerprint density at radius 2 is 2.07 bits per heavy atom. The molecule has 0 saturated carbocycles. The third-order valence-electron chi connectivity index (χ3n) is 4.57. The summed E-state index contributed by atoms with van der Waals surface area (Å²) >= 11 is 5.12. The van der Waals surface area contributed by atoms with Crippen LogP contribution < -0.4 is 0 Å². The van der Waals surface area contributed by atoms with Crippen LogP contribution in [0.2, 0.25) is 0 Å². The van der Waals surface area contributed by atoms with E-state index in [1.54, 1.807) is 16.7 Å². The van der Waals surface area contributed by atoms with Crippen molar-refractivity contribution in [1.82, 2.24) is 4.90 Å². The molecule has 0 aliphatic carbocycles. The topological polar surface area (TPSA) is 45.8 Å². The number of hydrogen-bond acceptors (Lipinski definition) is 4. The minimum absolute atomic E-state index is 0.112. The van der Waals surface area contributed by atoms with Crippen molar-refractivity contribution < 1.29 is 9.21 Å². The zero-order chi connectivity index (χ0) is 18.8. The Bertz CT molecular complexity index is 1010. The van der Waals surface area contributed by atoms with Crippen molar-refractivity contribution in [2.45, 2.75) is 19.9 Å². The Hall–Kier alpha value is -2.05. The summed E-state index contributed by atoms with van der Waals surface area (Å²) in [5, 5.41) is 1.73. The smallest absolute Gasteiger partial charge is 0.295 e. The predicted molar refractivity (Wildman–Crippen MR) is 114 cm³/mol. The van der Waals surface area contributed by atoms with Crippen LogP contribution in [0.5, 0.6) is 0 Å². The first-order valence-electron chi connectivity index (χ1n) is 8.85. The van der Waals surface area contributed by atoms with Crippen molar-refractivity contribution in [3.63, 3.8) is 0 Å². The quantitative estimate of drug-likeness (QED) is 0.527. The Labute approximate surface area is 170 Å². The zero-order valence-corrected chi connectivity index (χ0v) is 17.3. The number of halogens is 1. The third-order valence-corrected chi connectivity index (χ3v) is 6.16. The molecule has 6 heteroatoms. The van der Waals surface area contributed by atoms with Crippen LogP contribution in [0, 0.1) is 6.92 Å². The number of aliphatic imine (C=N–C) groups is 1. The molecule has 1 amide bonds. The van der Waals surface area contributed by atoms with Gasteiger partial charge in [-0.2, -0.15) is 0 Å². The molecule has 0 unspecified atom stereocenters. The first-order chi connectivity index (χ1) is 13.1. The molecule has 27 heavy (non-hydrogen) atoms. The van der Waals surface area contributed by atoms with Gasteiger partial charge in [0, 0.05) is 27.7 Å². The lowest BCUT2D eigenvalue weighted by Crippen LogP contribution is -2.39. The predicted octanol–water partition coefficient (Wildman–Crippen LogP) is 5.64. The molecular formula is C21H19BrN2O2S. The van der Waals surface area contributed by atoms with Gasteiger partial charge in [-0.3, -0.25) is 14.7 Å². The number of amidine groups is 1. The van der Waals surface area contributed by atoms with Crippen molar-refractivity contribution in [2.24, 2.45) is 4.99 Å². The molecule has 0 bridgehead atoms. The fraction of sp³-hybridized carbons (Fsp3) is 0.238. The molecule has 138 valence electrons. The van der Waals surface area contributed by atoms with E-state index in [2.05, 4.69) is 15.9 Å². The summed E-state index contributed by atoms with van der Waals surface area (Å²) < 4.78 is 6.87. The van der Waals surface area contributed by atoms with Crippen molar-refractivity contribution in [1.29, 1.82) is 0 Å². The number of furan rings is 1. The van der Waals surface area contributed by atoms with E-state index in [0.29, 0.717) is 18.8 Å². The maximum Gasteiger partial charge on any atom is 0.295 e. The van der Waals surface area contributed by atoms with Crippen molar-refractivity contribution in [3.8, 4) is 0 Å². The molecule has 1 aliphatic rings. The highest BCUT2D eigenvalue weighted by atomic mass is 79.9. The molecule has 2 aromatic carbocycles. The molecule has 2 heterocycles. The SMILES string of the molecule is Cc1c(C(=O)N2CCCSC2=NCc2ccccc2)oc2ccc(Br)cc12. The van der Waals surface area contributed by atoms with Crippen LogP contribution >= 0.6 is 27.7 Å². The molecule has 3 aromatic rings. The van der Waals surface area contributed by atoms with Gasteiger partial charge in [-0.05, 0) is 37.1 Å². The molecule has 1 saturated heterocycles. The molecule has 0 N–H and O–H groups in total. The summed E-state index contributed by atoms with van der Waals surface area (Å²) in [5.41, 5.74) is 2.73. The normalized spacial score (nSPS) is 16.2. The second-order valence-corrected chi connectivity index (χ2v) is 8.42. The van der Waals surface area contributed by atoms with E-state index in [4.69, 9.17) is 9.41 Å². The Morgan fingerprint density at radius 3 is 2.89 bits per heavy atom. The molecule has 4 rings (SSSR count). The van der Waals surface area contributed by atoms with Crippen LogP contribution in [-0.4, -0.2) is 28.3 Å². The molecular weight excluding hydrogens is 424 g/mol. The van der Waals surface area contributed by atoms with E-state index in [1.807, 2.05) is 55.5 Å². The van der Waals surface area contributed by atoms with E-state index >= 15 is 0 Å². The third kappa shape index (κ3) is 3.82. The van der Waals surface area contributed by atoms with Gasteiger partial charge in [-0.1, -0.05) is 58.0 Å². The fourth-order valence-corrected chi connectivity index (χ4v) is 4.44. The number of benzene rings is 2. The first kappa shape index (κ1) is 18.3. The number of thioether (sulfide) groups is 1. The first-order valence-corrected chi connectivity index (χ1v) is 10.6. The van der Waals surface area contributed by atoms with Crippen LogP contribution in [0.15, 0.2) is 62.4 Å². The number of carbonyl (C=O) groups excluding carboxylic acids is 1. The van der Waals surface area contributed by atoms with Gasteiger partial charge in [0.2, 0.25) is 0 Å². The molecule has 1 fully saturated rings. The monoisotopic (exact) mass is 442 g/mol. The lowest BCUT2D eigenvalue weighted by Gasteiger charge is -2.27. The molecule has 0 atom stereocenters. The highest BCUT2D eigenvalue weighted by Crippen LogP contribution is 2.30. The van der Waals surface area contributed by atoms with E-state index in [0.717, 1.165) is 43.9 Å². The van der Waals surface area contributed by atoms with Gasteiger partial charge in [0.15, 0.2) is 10.9 Å². The Morgan fingerprint density at radius 1 is 1.26 bits per heavy atom. The van der Waals surface area contributed by atoms with Crippen LogP contribution in [0.25, 0.3) is 11.0 Å². The molecule has 4 nitrogen and oxygen atoms in total. The minimum Gasteiger partial charge on any atom is -0.451 e. The molecule has 1 aromatic heterocycles. The number of fused-ring (bicyclic) bond motifs is 1. The molecule has 1 aliphatic heterocycles. The number of aryl methyl sites for hydroxylation is 1. The molecule has 0 radical (unpaired) electrons. The van der Waals surface area contributed by atoms with Crippen molar-refractivity contribution in [3.05, 3.63) is 69.9 Å². The second kappa shape index (κ2) is 7.90.